The lowest BCUT2D eigenvalue weighted by atomic mass is 9.85. The van der Waals surface area contributed by atoms with Crippen LogP contribution in [0, 0.1) is 0 Å². The van der Waals surface area contributed by atoms with Crippen molar-refractivity contribution in [2.75, 3.05) is 0 Å². The molecule has 1 aliphatic rings. The molecule has 1 aliphatic carbocycles. The second-order valence-corrected chi connectivity index (χ2v) is 4.80. The van der Waals surface area contributed by atoms with Crippen molar-refractivity contribution in [3.8, 4) is 0 Å². The molecule has 0 bridgehead atoms. The summed E-state index contributed by atoms with van der Waals surface area (Å²) in [6.07, 6.45) is -11.5. The van der Waals surface area contributed by atoms with Crippen LogP contribution in [-0.4, -0.2) is 18.1 Å². The summed E-state index contributed by atoms with van der Waals surface area (Å²) >= 11 is 0. The van der Waals surface area contributed by atoms with Crippen LogP contribution in [0.4, 0.5) is 30.7 Å². The Bertz CT molecular complexity index is 557. The Balaban J connectivity index is 2.63. The third-order valence-corrected chi connectivity index (χ3v) is 3.44. The molecule has 0 spiro atoms. The van der Waals surface area contributed by atoms with E-state index in [4.69, 9.17) is 0 Å². The van der Waals surface area contributed by atoms with Gasteiger partial charge in [0.2, 0.25) is 0 Å². The van der Waals surface area contributed by atoms with Crippen LogP contribution in [0.2, 0.25) is 0 Å². The molecule has 0 N–H and O–H groups in total. The Morgan fingerprint density at radius 2 is 1.43 bits per heavy atom. The number of alkyl halides is 7. The monoisotopic (exact) mass is 314 g/mol. The average molecular weight is 314 g/mol. The van der Waals surface area contributed by atoms with Gasteiger partial charge in [-0.15, -0.1) is 0 Å². The lowest BCUT2D eigenvalue weighted by Crippen LogP contribution is -2.50. The van der Waals surface area contributed by atoms with Gasteiger partial charge in [0.05, 0.1) is 0 Å². The largest absolute Gasteiger partial charge is 0.435 e. The maximum atomic E-state index is 13.9. The van der Waals surface area contributed by atoms with Crippen LogP contribution in [0.25, 0.3) is 0 Å². The molecule has 0 radical (unpaired) electrons. The van der Waals surface area contributed by atoms with Gasteiger partial charge in [0.1, 0.15) is 0 Å². The van der Waals surface area contributed by atoms with E-state index in [2.05, 4.69) is 0 Å². The second-order valence-electron chi connectivity index (χ2n) is 4.80. The number of aryl methyl sites for hydroxylation is 1. The van der Waals surface area contributed by atoms with E-state index in [0.29, 0.717) is 30.5 Å². The Labute approximate surface area is 114 Å². The average Bonchev–Trinajstić information content (AvgIpc) is 2.35. The Morgan fingerprint density at radius 1 is 0.857 bits per heavy atom. The van der Waals surface area contributed by atoms with Gasteiger partial charge in [0.15, 0.2) is 5.78 Å². The summed E-state index contributed by atoms with van der Waals surface area (Å²) in [6.45, 7) is 0. The van der Waals surface area contributed by atoms with Crippen molar-refractivity contribution < 1.29 is 35.5 Å². The SMILES string of the molecule is O=C1CCCc2ccc(C(F)(C(F)(F)F)C(F)(F)F)cc21. The van der Waals surface area contributed by atoms with Crippen LogP contribution in [0.1, 0.15) is 34.3 Å². The number of hydrogen-bond acceptors (Lipinski definition) is 1. The van der Waals surface area contributed by atoms with Crippen molar-refractivity contribution in [3.05, 3.63) is 34.9 Å². The molecule has 116 valence electrons. The van der Waals surface area contributed by atoms with Gasteiger partial charge in [-0.1, -0.05) is 12.1 Å². The fraction of sp³-hybridized carbons (Fsp3) is 0.462. The van der Waals surface area contributed by atoms with E-state index >= 15 is 0 Å². The molecule has 0 atom stereocenters. The highest BCUT2D eigenvalue weighted by Gasteiger charge is 2.73. The van der Waals surface area contributed by atoms with Gasteiger partial charge in [0, 0.05) is 17.5 Å². The van der Waals surface area contributed by atoms with E-state index in [1.165, 1.54) is 0 Å². The summed E-state index contributed by atoms with van der Waals surface area (Å²) in [5.41, 5.74) is -7.04. The molecule has 0 aliphatic heterocycles. The van der Waals surface area contributed by atoms with Gasteiger partial charge in [-0.05, 0) is 24.5 Å². The van der Waals surface area contributed by atoms with E-state index in [0.717, 1.165) is 6.07 Å². The third kappa shape index (κ3) is 2.40. The molecule has 1 aromatic rings. The number of rotatable bonds is 1. The maximum Gasteiger partial charge on any atom is 0.435 e. The molecule has 0 unspecified atom stereocenters. The summed E-state index contributed by atoms with van der Waals surface area (Å²) in [6, 6.07) is 1.77. The zero-order chi connectivity index (χ0) is 16.1. The molecular formula is C13H9F7O. The summed E-state index contributed by atoms with van der Waals surface area (Å²) in [4.78, 5) is 11.6. The van der Waals surface area contributed by atoms with E-state index in [1.54, 1.807) is 0 Å². The van der Waals surface area contributed by atoms with Crippen molar-refractivity contribution in [1.29, 1.82) is 0 Å². The van der Waals surface area contributed by atoms with Gasteiger partial charge in [-0.25, -0.2) is 4.39 Å². The fourth-order valence-electron chi connectivity index (χ4n) is 2.33. The molecule has 0 fully saturated rings. The van der Waals surface area contributed by atoms with E-state index < -0.39 is 29.4 Å². The van der Waals surface area contributed by atoms with E-state index in [-0.39, 0.29) is 12.0 Å². The molecule has 0 amide bonds. The van der Waals surface area contributed by atoms with Crippen molar-refractivity contribution in [2.24, 2.45) is 0 Å². The van der Waals surface area contributed by atoms with Crippen molar-refractivity contribution >= 4 is 5.78 Å². The molecule has 21 heavy (non-hydrogen) atoms. The Hall–Kier alpha value is -1.60. The first kappa shape index (κ1) is 15.8. The highest BCUT2D eigenvalue weighted by atomic mass is 19.4. The number of hydrogen-bond donors (Lipinski definition) is 0. The summed E-state index contributed by atoms with van der Waals surface area (Å²) in [7, 11) is 0. The van der Waals surface area contributed by atoms with Gasteiger partial charge in [-0.2, -0.15) is 26.3 Å². The van der Waals surface area contributed by atoms with Gasteiger partial charge >= 0.3 is 18.0 Å². The van der Waals surface area contributed by atoms with Crippen LogP contribution in [0.3, 0.4) is 0 Å². The van der Waals surface area contributed by atoms with Crippen LogP contribution in [0.5, 0.6) is 0 Å². The van der Waals surface area contributed by atoms with Crippen LogP contribution < -0.4 is 0 Å². The zero-order valence-electron chi connectivity index (χ0n) is 10.4. The van der Waals surface area contributed by atoms with Crippen molar-refractivity contribution in [2.45, 2.75) is 37.3 Å². The quantitative estimate of drug-likeness (QED) is 0.698. The molecule has 0 saturated heterocycles. The van der Waals surface area contributed by atoms with Crippen LogP contribution >= 0.6 is 0 Å². The predicted molar refractivity (Wildman–Crippen MR) is 58.6 cm³/mol. The van der Waals surface area contributed by atoms with E-state index in [1.807, 2.05) is 0 Å². The maximum absolute atomic E-state index is 13.9. The van der Waals surface area contributed by atoms with Crippen molar-refractivity contribution in [3.63, 3.8) is 0 Å². The lowest BCUT2D eigenvalue weighted by molar-refractivity contribution is -0.348. The second kappa shape index (κ2) is 4.71. The van der Waals surface area contributed by atoms with Gasteiger partial charge < -0.3 is 0 Å². The van der Waals surface area contributed by atoms with E-state index in [9.17, 15) is 35.5 Å². The Kier molecular flexibility index (Phi) is 3.54. The molecule has 1 aromatic carbocycles. The van der Waals surface area contributed by atoms with Gasteiger partial charge in [0.25, 0.3) is 0 Å². The third-order valence-electron chi connectivity index (χ3n) is 3.44. The highest BCUT2D eigenvalue weighted by molar-refractivity contribution is 5.98. The smallest absolute Gasteiger partial charge is 0.294 e. The number of halogens is 7. The first-order valence-electron chi connectivity index (χ1n) is 5.97. The molecule has 0 saturated carbocycles. The predicted octanol–water partition coefficient (Wildman–Crippen LogP) is 4.50. The number of carbonyl (C=O) groups is 1. The number of ketones is 1. The normalized spacial score (nSPS) is 16.8. The standard InChI is InChI=1S/C13H9F7O/c14-11(12(15,16)17,13(18,19)20)8-5-4-7-2-1-3-10(21)9(7)6-8/h4-6H,1-3H2. The minimum absolute atomic E-state index is 0.0216. The molecular weight excluding hydrogens is 305 g/mol. The minimum Gasteiger partial charge on any atom is -0.294 e. The summed E-state index contributed by atoms with van der Waals surface area (Å²) in [5.74, 6) is -0.579. The van der Waals surface area contributed by atoms with Crippen LogP contribution in [-0.2, 0) is 12.1 Å². The first-order valence-corrected chi connectivity index (χ1v) is 5.97. The number of fused-ring (bicyclic) bond motifs is 1. The summed E-state index contributed by atoms with van der Waals surface area (Å²) < 4.78 is 89.7. The summed E-state index contributed by atoms with van der Waals surface area (Å²) in [5, 5.41) is 0. The molecule has 0 aromatic heterocycles. The van der Waals surface area contributed by atoms with Gasteiger partial charge in [-0.3, -0.25) is 4.79 Å². The fourth-order valence-corrected chi connectivity index (χ4v) is 2.33. The molecule has 0 heterocycles. The topological polar surface area (TPSA) is 17.1 Å². The Morgan fingerprint density at radius 3 is 1.95 bits per heavy atom. The first-order chi connectivity index (χ1) is 9.48. The molecule has 2 rings (SSSR count). The zero-order valence-corrected chi connectivity index (χ0v) is 10.4. The van der Waals surface area contributed by atoms with Crippen LogP contribution in [0.15, 0.2) is 18.2 Å². The molecule has 1 nitrogen and oxygen atoms in total. The number of Topliss-reactive ketones (excluding diaryl/α,β-unsaturated/α-hetero) is 1. The molecule has 8 heteroatoms. The lowest BCUT2D eigenvalue weighted by Gasteiger charge is -2.31. The minimum atomic E-state index is -6.17. The number of benzene rings is 1. The highest BCUT2D eigenvalue weighted by Crippen LogP contribution is 2.53. The van der Waals surface area contributed by atoms with Crippen molar-refractivity contribution in [1.82, 2.24) is 0 Å². The number of carbonyl (C=O) groups excluding carboxylic acids is 1.